The second-order valence-electron chi connectivity index (χ2n) is 15.0. The highest BCUT2D eigenvalue weighted by Gasteiger charge is 2.46. The number of anilines is 1. The lowest BCUT2D eigenvalue weighted by molar-refractivity contribution is -0.136. The zero-order valence-electron chi connectivity index (χ0n) is 32.5. The molecule has 3 aliphatic rings. The first-order chi connectivity index (χ1) is 27.8. The monoisotopic (exact) mass is 826 g/mol. The van der Waals surface area contributed by atoms with E-state index in [-0.39, 0.29) is 54.7 Å². The molecule has 0 aliphatic carbocycles. The maximum atomic E-state index is 13.3. The van der Waals surface area contributed by atoms with Gasteiger partial charge in [-0.2, -0.15) is 0 Å². The van der Waals surface area contributed by atoms with Crippen molar-refractivity contribution < 1.29 is 38.0 Å². The van der Waals surface area contributed by atoms with Gasteiger partial charge >= 0.3 is 0 Å². The largest absolute Gasteiger partial charge is 0.496 e. The molecule has 2 N–H and O–H groups in total. The summed E-state index contributed by atoms with van der Waals surface area (Å²) < 4.78 is 24.6. The highest BCUT2D eigenvalue weighted by molar-refractivity contribution is 7.70. The van der Waals surface area contributed by atoms with Crippen LogP contribution in [0.5, 0.6) is 11.5 Å². The van der Waals surface area contributed by atoms with Crippen molar-refractivity contribution in [1.82, 2.24) is 25.5 Å². The van der Waals surface area contributed by atoms with Gasteiger partial charge in [0.05, 0.1) is 42.0 Å². The zero-order chi connectivity index (χ0) is 41.1. The molecule has 4 heterocycles. The molecule has 0 radical (unpaired) electrons. The van der Waals surface area contributed by atoms with Crippen LogP contribution in [0.15, 0.2) is 66.9 Å². The van der Waals surface area contributed by atoms with E-state index in [1.54, 1.807) is 38.8 Å². The number of hydrogen-bond donors (Lipinski definition) is 2. The first-order valence-electron chi connectivity index (χ1n) is 19.1. The van der Waals surface area contributed by atoms with Crippen LogP contribution in [-0.2, 0) is 31.8 Å². The molecule has 302 valence electrons. The summed E-state index contributed by atoms with van der Waals surface area (Å²) in [6, 6.07) is 17.2. The number of amides is 5. The standard InChI is InChI=1S/C42H44ClN6O8P/c1-56-34-23-28(12-11-25(34)22-36-44-24-30(43)31(46-36)21-26-7-4-5-10-35(26)58(2,3)55)48-18-15-27(16-19-48)45-38(51)17-20-57-33-9-6-8-29-39(33)42(54)49(41(29)53)32-13-14-37(50)47-40(32)52/h4-12,23-24,27,32H,13-22H2,1-3H3,(H,45,51)(H,47,50,52). The Morgan fingerprint density at radius 1 is 0.948 bits per heavy atom. The third-order valence-corrected chi connectivity index (χ3v) is 12.6. The SMILES string of the molecule is COc1cc(N2CCC(NC(=O)CCOc3cccc4c3C(=O)N(C3CCC(=O)NC3=O)C4=O)CC2)ccc1Cc1ncc(Cl)c(Cc2ccccc2P(C)(C)=O)n1. The van der Waals surface area contributed by atoms with E-state index in [1.165, 1.54) is 6.07 Å². The molecule has 1 unspecified atom stereocenters. The third-order valence-electron chi connectivity index (χ3n) is 10.7. The fourth-order valence-corrected chi connectivity index (χ4v) is 9.15. The molecule has 3 aliphatic heterocycles. The summed E-state index contributed by atoms with van der Waals surface area (Å²) in [7, 11) is -0.870. The highest BCUT2D eigenvalue weighted by Crippen LogP contribution is 2.37. The highest BCUT2D eigenvalue weighted by atomic mass is 35.5. The summed E-state index contributed by atoms with van der Waals surface area (Å²) in [6.07, 6.45) is 4.04. The first-order valence-corrected chi connectivity index (χ1v) is 22.1. The number of carbonyl (C=O) groups is 5. The number of nitrogens with one attached hydrogen (secondary N) is 2. The number of aromatic nitrogens is 2. The van der Waals surface area contributed by atoms with Crippen LogP contribution in [0, 0.1) is 0 Å². The van der Waals surface area contributed by atoms with Crippen molar-refractivity contribution in [3.05, 3.63) is 106 Å². The lowest BCUT2D eigenvalue weighted by Gasteiger charge is -2.34. The predicted molar refractivity (Wildman–Crippen MR) is 218 cm³/mol. The fraction of sp³-hybridized carbons (Fsp3) is 0.357. The summed E-state index contributed by atoms with van der Waals surface area (Å²) in [4.78, 5) is 75.8. The number of carbonyl (C=O) groups excluding carboxylic acids is 5. The van der Waals surface area contributed by atoms with Crippen LogP contribution in [0.3, 0.4) is 0 Å². The zero-order valence-corrected chi connectivity index (χ0v) is 34.1. The van der Waals surface area contributed by atoms with Crippen molar-refractivity contribution in [1.29, 1.82) is 0 Å². The number of imide groups is 2. The van der Waals surface area contributed by atoms with Gasteiger partial charge in [-0.1, -0.05) is 48.0 Å². The van der Waals surface area contributed by atoms with Crippen molar-refractivity contribution >= 4 is 59.3 Å². The van der Waals surface area contributed by atoms with Gasteiger partial charge in [0.2, 0.25) is 17.7 Å². The van der Waals surface area contributed by atoms with E-state index in [4.69, 9.17) is 26.1 Å². The normalized spacial score (nSPS) is 17.3. The minimum atomic E-state index is -2.50. The molecule has 4 aromatic rings. The molecule has 58 heavy (non-hydrogen) atoms. The number of fused-ring (bicyclic) bond motifs is 1. The third kappa shape index (κ3) is 8.78. The number of halogens is 1. The Hall–Kier alpha value is -5.59. The van der Waals surface area contributed by atoms with Gasteiger partial charge in [-0.15, -0.1) is 0 Å². The van der Waals surface area contributed by atoms with Crippen molar-refractivity contribution in [3.8, 4) is 11.5 Å². The first kappa shape index (κ1) is 40.6. The van der Waals surface area contributed by atoms with Gasteiger partial charge in [0.1, 0.15) is 30.5 Å². The van der Waals surface area contributed by atoms with Gasteiger partial charge in [0.15, 0.2) is 0 Å². The van der Waals surface area contributed by atoms with Gasteiger partial charge in [-0.3, -0.25) is 34.2 Å². The van der Waals surface area contributed by atoms with E-state index in [0.29, 0.717) is 48.2 Å². The quantitative estimate of drug-likeness (QED) is 0.143. The molecule has 1 aromatic heterocycles. The van der Waals surface area contributed by atoms with Gasteiger partial charge in [-0.25, -0.2) is 9.97 Å². The Balaban J connectivity index is 0.905. The minimum absolute atomic E-state index is 0.0234. The topological polar surface area (TPSA) is 177 Å². The Bertz CT molecular complexity index is 2340. The van der Waals surface area contributed by atoms with E-state index in [9.17, 15) is 28.5 Å². The minimum Gasteiger partial charge on any atom is -0.496 e. The molecule has 14 nitrogen and oxygen atoms in total. The molecular formula is C42H44ClN6O8P. The van der Waals surface area contributed by atoms with Crippen molar-refractivity contribution in [2.45, 2.75) is 57.0 Å². The number of piperidine rings is 2. The molecule has 0 bridgehead atoms. The molecular weight excluding hydrogens is 783 g/mol. The number of nitrogens with zero attached hydrogens (tertiary/aromatic N) is 4. The lowest BCUT2D eigenvalue weighted by Crippen LogP contribution is -2.54. The van der Waals surface area contributed by atoms with Crippen LogP contribution in [0.25, 0.3) is 0 Å². The maximum Gasteiger partial charge on any atom is 0.266 e. The Morgan fingerprint density at radius 2 is 1.72 bits per heavy atom. The van der Waals surface area contributed by atoms with E-state index in [2.05, 4.69) is 20.5 Å². The average Bonchev–Trinajstić information content (AvgIpc) is 3.45. The van der Waals surface area contributed by atoms with E-state index in [0.717, 1.165) is 39.9 Å². The van der Waals surface area contributed by atoms with Crippen LogP contribution in [-0.4, -0.2) is 96.6 Å². The Morgan fingerprint density at radius 3 is 2.47 bits per heavy atom. The molecule has 2 fully saturated rings. The lowest BCUT2D eigenvalue weighted by atomic mass is 10.0. The van der Waals surface area contributed by atoms with Crippen LogP contribution >= 0.6 is 18.7 Å². The summed E-state index contributed by atoms with van der Waals surface area (Å²) in [6.45, 7) is 4.92. The van der Waals surface area contributed by atoms with Gasteiger partial charge in [0, 0.05) is 67.2 Å². The van der Waals surface area contributed by atoms with Crippen molar-refractivity contribution in [3.63, 3.8) is 0 Å². The van der Waals surface area contributed by atoms with Crippen LogP contribution in [0.2, 0.25) is 5.02 Å². The molecule has 1 atom stereocenters. The molecule has 2 saturated heterocycles. The second-order valence-corrected chi connectivity index (χ2v) is 18.6. The van der Waals surface area contributed by atoms with E-state index < -0.39 is 36.8 Å². The van der Waals surface area contributed by atoms with Crippen molar-refractivity contribution in [2.75, 3.05) is 45.0 Å². The van der Waals surface area contributed by atoms with Gasteiger partial charge < -0.3 is 24.3 Å². The van der Waals surface area contributed by atoms with E-state index in [1.807, 2.05) is 42.5 Å². The van der Waals surface area contributed by atoms with Crippen LogP contribution in [0.4, 0.5) is 5.69 Å². The summed E-state index contributed by atoms with van der Waals surface area (Å²) in [5, 5.41) is 6.54. The molecule has 7 rings (SSSR count). The molecule has 3 aromatic carbocycles. The number of benzene rings is 3. The molecule has 5 amide bonds. The second kappa shape index (κ2) is 17.1. The number of rotatable bonds is 13. The van der Waals surface area contributed by atoms with E-state index >= 15 is 0 Å². The summed E-state index contributed by atoms with van der Waals surface area (Å²) in [5.74, 6) is -1.17. The van der Waals surface area contributed by atoms with Gasteiger partial charge in [0.25, 0.3) is 11.8 Å². The molecule has 0 saturated carbocycles. The summed E-state index contributed by atoms with van der Waals surface area (Å²) in [5.41, 5.74) is 3.66. The Kier molecular flexibility index (Phi) is 12.0. The van der Waals surface area contributed by atoms with Crippen LogP contribution < -0.4 is 30.3 Å². The fourth-order valence-electron chi connectivity index (χ4n) is 7.71. The van der Waals surface area contributed by atoms with Crippen LogP contribution in [0.1, 0.15) is 75.5 Å². The smallest absolute Gasteiger partial charge is 0.266 e. The molecule has 16 heteroatoms. The number of hydrogen-bond acceptors (Lipinski definition) is 11. The summed E-state index contributed by atoms with van der Waals surface area (Å²) >= 11 is 6.53. The predicted octanol–water partition coefficient (Wildman–Crippen LogP) is 4.52. The number of ether oxygens (including phenoxy) is 2. The number of methoxy groups -OCH3 is 1. The maximum absolute atomic E-state index is 13.3. The Labute approximate surface area is 341 Å². The molecule has 0 spiro atoms. The van der Waals surface area contributed by atoms with Gasteiger partial charge in [-0.05, 0) is 56.4 Å². The van der Waals surface area contributed by atoms with Crippen molar-refractivity contribution in [2.24, 2.45) is 0 Å². The average molecular weight is 827 g/mol.